The van der Waals surface area contributed by atoms with Crippen LogP contribution < -0.4 is 15.5 Å². The van der Waals surface area contributed by atoms with E-state index in [1.54, 1.807) is 6.08 Å². The largest absolute Gasteiger partial charge is 0.372 e. The highest BCUT2D eigenvalue weighted by atomic mass is 16.2. The molecular weight excluding hydrogens is 326 g/mol. The van der Waals surface area contributed by atoms with Crippen LogP contribution in [-0.4, -0.2) is 24.9 Å². The highest BCUT2D eigenvalue weighted by Gasteiger charge is 2.12. The molecule has 2 amide bonds. The van der Waals surface area contributed by atoms with Crippen molar-refractivity contribution in [2.75, 3.05) is 23.3 Å². The lowest BCUT2D eigenvalue weighted by molar-refractivity contribution is -0.120. The van der Waals surface area contributed by atoms with E-state index in [1.807, 2.05) is 54.6 Å². The highest BCUT2D eigenvalue weighted by Crippen LogP contribution is 2.18. The van der Waals surface area contributed by atoms with E-state index in [4.69, 9.17) is 0 Å². The Labute approximate surface area is 154 Å². The lowest BCUT2D eigenvalue weighted by Crippen LogP contribution is -2.29. The van der Waals surface area contributed by atoms with E-state index in [0.29, 0.717) is 5.69 Å². The molecule has 0 spiro atoms. The van der Waals surface area contributed by atoms with E-state index in [1.165, 1.54) is 6.92 Å². The van der Waals surface area contributed by atoms with E-state index in [0.717, 1.165) is 24.3 Å². The second-order valence-corrected chi connectivity index (χ2v) is 5.82. The molecule has 136 valence electrons. The molecule has 2 aromatic carbocycles. The van der Waals surface area contributed by atoms with Gasteiger partial charge in [0.15, 0.2) is 0 Å². The first kappa shape index (κ1) is 19.2. The first-order valence-electron chi connectivity index (χ1n) is 8.74. The van der Waals surface area contributed by atoms with Gasteiger partial charge in [-0.2, -0.15) is 0 Å². The summed E-state index contributed by atoms with van der Waals surface area (Å²) in [5.41, 5.74) is 2.82. The molecule has 0 aromatic heterocycles. The minimum Gasteiger partial charge on any atom is -0.372 e. The summed E-state index contributed by atoms with van der Waals surface area (Å²) in [6, 6.07) is 17.1. The molecule has 5 nitrogen and oxygen atoms in total. The van der Waals surface area contributed by atoms with Gasteiger partial charge in [0.2, 0.25) is 5.91 Å². The maximum Gasteiger partial charge on any atom is 0.272 e. The summed E-state index contributed by atoms with van der Waals surface area (Å²) in [4.78, 5) is 26.3. The Morgan fingerprint density at radius 2 is 1.58 bits per heavy atom. The molecule has 0 fully saturated rings. The normalized spacial score (nSPS) is 11.0. The van der Waals surface area contributed by atoms with Crippen LogP contribution in [0.4, 0.5) is 11.4 Å². The zero-order chi connectivity index (χ0) is 18.9. The zero-order valence-electron chi connectivity index (χ0n) is 15.5. The zero-order valence-corrected chi connectivity index (χ0v) is 15.5. The van der Waals surface area contributed by atoms with Gasteiger partial charge in [0.05, 0.1) is 0 Å². The third-order valence-electron chi connectivity index (χ3n) is 3.92. The highest BCUT2D eigenvalue weighted by molar-refractivity contribution is 6.08. The van der Waals surface area contributed by atoms with Gasteiger partial charge in [-0.15, -0.1) is 0 Å². The summed E-state index contributed by atoms with van der Waals surface area (Å²) >= 11 is 0. The van der Waals surface area contributed by atoms with Crippen LogP contribution in [-0.2, 0) is 9.59 Å². The molecule has 0 aliphatic heterocycles. The fraction of sp³-hybridized carbons (Fsp3) is 0.238. The van der Waals surface area contributed by atoms with E-state index >= 15 is 0 Å². The number of benzene rings is 2. The molecule has 2 aromatic rings. The Morgan fingerprint density at radius 3 is 2.12 bits per heavy atom. The summed E-state index contributed by atoms with van der Waals surface area (Å²) in [5, 5.41) is 5.43. The van der Waals surface area contributed by atoms with Gasteiger partial charge in [-0.3, -0.25) is 9.59 Å². The van der Waals surface area contributed by atoms with Crippen LogP contribution in [0, 0.1) is 0 Å². The van der Waals surface area contributed by atoms with Gasteiger partial charge in [-0.1, -0.05) is 30.3 Å². The fourth-order valence-electron chi connectivity index (χ4n) is 2.61. The van der Waals surface area contributed by atoms with Crippen molar-refractivity contribution in [3.8, 4) is 0 Å². The van der Waals surface area contributed by atoms with Crippen molar-refractivity contribution >= 4 is 29.3 Å². The lowest BCUT2D eigenvalue weighted by atomic mass is 10.2. The van der Waals surface area contributed by atoms with Gasteiger partial charge in [-0.05, 0) is 49.8 Å². The Kier molecular flexibility index (Phi) is 6.97. The number of carbonyl (C=O) groups is 2. The summed E-state index contributed by atoms with van der Waals surface area (Å²) in [7, 11) is 0. The van der Waals surface area contributed by atoms with Crippen molar-refractivity contribution < 1.29 is 9.59 Å². The number of nitrogens with zero attached hydrogens (tertiary/aromatic N) is 1. The summed E-state index contributed by atoms with van der Waals surface area (Å²) in [6.07, 6.45) is 1.65. The number of rotatable bonds is 7. The topological polar surface area (TPSA) is 61.4 Å². The molecule has 0 saturated carbocycles. The van der Waals surface area contributed by atoms with Crippen molar-refractivity contribution in [3.05, 3.63) is 65.9 Å². The minimum absolute atomic E-state index is 0.205. The van der Waals surface area contributed by atoms with E-state index in [-0.39, 0.29) is 17.5 Å². The van der Waals surface area contributed by atoms with Gasteiger partial charge in [0.25, 0.3) is 5.91 Å². The van der Waals surface area contributed by atoms with Gasteiger partial charge in [0, 0.05) is 31.4 Å². The number of hydrogen-bond acceptors (Lipinski definition) is 3. The molecule has 0 saturated heterocycles. The molecule has 0 aliphatic carbocycles. The second-order valence-electron chi connectivity index (χ2n) is 5.82. The monoisotopic (exact) mass is 351 g/mol. The molecule has 0 aliphatic rings. The van der Waals surface area contributed by atoms with Crippen molar-refractivity contribution in [3.63, 3.8) is 0 Å². The van der Waals surface area contributed by atoms with Gasteiger partial charge in [0.1, 0.15) is 5.70 Å². The number of hydrogen-bond donors (Lipinski definition) is 2. The van der Waals surface area contributed by atoms with E-state index < -0.39 is 0 Å². The molecule has 0 radical (unpaired) electrons. The van der Waals surface area contributed by atoms with E-state index in [9.17, 15) is 9.59 Å². The smallest absolute Gasteiger partial charge is 0.272 e. The third kappa shape index (κ3) is 5.48. The molecule has 0 heterocycles. The SMILES string of the molecule is CCN(CC)c1ccc(NC(=O)/C(=C\c2ccccc2)NC(C)=O)cc1. The lowest BCUT2D eigenvalue weighted by Gasteiger charge is -2.21. The Morgan fingerprint density at radius 1 is 0.962 bits per heavy atom. The number of amides is 2. The van der Waals surface area contributed by atoms with Gasteiger partial charge in [-0.25, -0.2) is 0 Å². The number of nitrogens with one attached hydrogen (secondary N) is 2. The fourth-order valence-corrected chi connectivity index (χ4v) is 2.61. The molecule has 0 atom stereocenters. The Hall–Kier alpha value is -3.08. The average Bonchev–Trinajstić information content (AvgIpc) is 2.64. The molecule has 0 bridgehead atoms. The Bertz CT molecular complexity index is 764. The van der Waals surface area contributed by atoms with Crippen molar-refractivity contribution in [2.24, 2.45) is 0 Å². The summed E-state index contributed by atoms with van der Waals surface area (Å²) in [5.74, 6) is -0.654. The molecule has 5 heteroatoms. The summed E-state index contributed by atoms with van der Waals surface area (Å²) in [6.45, 7) is 7.44. The van der Waals surface area contributed by atoms with Crippen LogP contribution in [0.1, 0.15) is 26.3 Å². The van der Waals surface area contributed by atoms with Crippen LogP contribution in [0.2, 0.25) is 0 Å². The maximum atomic E-state index is 12.6. The minimum atomic E-state index is -0.361. The van der Waals surface area contributed by atoms with Gasteiger partial charge >= 0.3 is 0 Å². The van der Waals surface area contributed by atoms with Crippen molar-refractivity contribution in [2.45, 2.75) is 20.8 Å². The second kappa shape index (κ2) is 9.42. The first-order valence-corrected chi connectivity index (χ1v) is 8.74. The predicted molar refractivity (Wildman–Crippen MR) is 107 cm³/mol. The van der Waals surface area contributed by atoms with Crippen LogP contribution >= 0.6 is 0 Å². The quantitative estimate of drug-likeness (QED) is 0.749. The van der Waals surface area contributed by atoms with Crippen LogP contribution in [0.5, 0.6) is 0 Å². The summed E-state index contributed by atoms with van der Waals surface area (Å²) < 4.78 is 0. The molecule has 0 unspecified atom stereocenters. The van der Waals surface area contributed by atoms with Crippen LogP contribution in [0.15, 0.2) is 60.3 Å². The molecule has 2 rings (SSSR count). The predicted octanol–water partition coefficient (Wildman–Crippen LogP) is 3.65. The maximum absolute atomic E-state index is 12.6. The standard InChI is InChI=1S/C21H25N3O2/c1-4-24(5-2)19-13-11-18(12-14-19)23-21(26)20(22-16(3)25)15-17-9-7-6-8-10-17/h6-15H,4-5H2,1-3H3,(H,22,25)(H,23,26)/b20-15+. The number of carbonyl (C=O) groups excluding carboxylic acids is 2. The number of anilines is 2. The average molecular weight is 351 g/mol. The molecule has 2 N–H and O–H groups in total. The Balaban J connectivity index is 2.16. The van der Waals surface area contributed by atoms with Crippen molar-refractivity contribution in [1.29, 1.82) is 0 Å². The first-order chi connectivity index (χ1) is 12.5. The van der Waals surface area contributed by atoms with Crippen LogP contribution in [0.3, 0.4) is 0 Å². The molecular formula is C21H25N3O2. The van der Waals surface area contributed by atoms with E-state index in [2.05, 4.69) is 29.4 Å². The molecule has 26 heavy (non-hydrogen) atoms. The third-order valence-corrected chi connectivity index (χ3v) is 3.92. The van der Waals surface area contributed by atoms with Crippen LogP contribution in [0.25, 0.3) is 6.08 Å². The van der Waals surface area contributed by atoms with Crippen molar-refractivity contribution in [1.82, 2.24) is 5.32 Å². The van der Waals surface area contributed by atoms with Gasteiger partial charge < -0.3 is 15.5 Å².